The number of esters is 1. The van der Waals surface area contributed by atoms with E-state index in [2.05, 4.69) is 10.3 Å². The van der Waals surface area contributed by atoms with Gasteiger partial charge in [0.2, 0.25) is 5.91 Å². The number of hydrogen-bond donors (Lipinski definition) is 1. The third-order valence-corrected chi connectivity index (χ3v) is 7.52. The molecule has 2 aromatic heterocycles. The summed E-state index contributed by atoms with van der Waals surface area (Å²) in [4.78, 5) is 46.3. The molecule has 0 unspecified atom stereocenters. The SMILES string of the molecule is COC(=O)c1ncn2c1C(=O)N(CCc1cccs1)[C@](C)(C(=O)NC1CCCCCC1)C2. The number of ether oxygens (including phenoxy) is 1. The maximum atomic E-state index is 13.6. The summed E-state index contributed by atoms with van der Waals surface area (Å²) in [6.07, 6.45) is 8.63. The monoisotopic (exact) mass is 458 g/mol. The van der Waals surface area contributed by atoms with E-state index in [1.165, 1.54) is 26.3 Å². The molecule has 0 bridgehead atoms. The number of aromatic nitrogens is 2. The third-order valence-electron chi connectivity index (χ3n) is 6.58. The first-order chi connectivity index (χ1) is 15.4. The van der Waals surface area contributed by atoms with Gasteiger partial charge in [0.05, 0.1) is 20.0 Å². The maximum absolute atomic E-state index is 13.6. The highest BCUT2D eigenvalue weighted by atomic mass is 32.1. The summed E-state index contributed by atoms with van der Waals surface area (Å²) >= 11 is 1.62. The molecule has 8 nitrogen and oxygen atoms in total. The van der Waals surface area contributed by atoms with E-state index in [9.17, 15) is 14.4 Å². The van der Waals surface area contributed by atoms with Crippen molar-refractivity contribution in [2.45, 2.75) is 70.0 Å². The van der Waals surface area contributed by atoms with Gasteiger partial charge in [-0.3, -0.25) is 9.59 Å². The van der Waals surface area contributed by atoms with Crippen molar-refractivity contribution in [3.63, 3.8) is 0 Å². The number of rotatable bonds is 6. The van der Waals surface area contributed by atoms with Gasteiger partial charge >= 0.3 is 5.97 Å². The lowest BCUT2D eigenvalue weighted by molar-refractivity contribution is -0.133. The molecule has 3 heterocycles. The van der Waals surface area contributed by atoms with Crippen molar-refractivity contribution in [2.24, 2.45) is 0 Å². The number of fused-ring (bicyclic) bond motifs is 1. The molecule has 1 saturated carbocycles. The van der Waals surface area contributed by atoms with E-state index in [-0.39, 0.29) is 35.8 Å². The van der Waals surface area contributed by atoms with Crippen LogP contribution in [0, 0.1) is 0 Å². The lowest BCUT2D eigenvalue weighted by Crippen LogP contribution is -2.65. The van der Waals surface area contributed by atoms with Crippen molar-refractivity contribution >= 4 is 29.1 Å². The fourth-order valence-corrected chi connectivity index (χ4v) is 5.42. The van der Waals surface area contributed by atoms with Crippen LogP contribution in [0.3, 0.4) is 0 Å². The van der Waals surface area contributed by atoms with Gasteiger partial charge in [-0.2, -0.15) is 0 Å². The largest absolute Gasteiger partial charge is 0.464 e. The summed E-state index contributed by atoms with van der Waals surface area (Å²) in [7, 11) is 1.26. The van der Waals surface area contributed by atoms with Crippen molar-refractivity contribution in [1.82, 2.24) is 19.8 Å². The molecule has 9 heteroatoms. The van der Waals surface area contributed by atoms with E-state index < -0.39 is 11.5 Å². The summed E-state index contributed by atoms with van der Waals surface area (Å²) in [5, 5.41) is 5.22. The van der Waals surface area contributed by atoms with E-state index in [4.69, 9.17) is 4.74 Å². The van der Waals surface area contributed by atoms with Crippen LogP contribution in [-0.4, -0.2) is 57.5 Å². The third kappa shape index (κ3) is 4.30. The number of thiophene rings is 1. The van der Waals surface area contributed by atoms with Gasteiger partial charge < -0.3 is 19.5 Å². The second-order valence-electron chi connectivity index (χ2n) is 8.78. The van der Waals surface area contributed by atoms with Gasteiger partial charge in [-0.25, -0.2) is 9.78 Å². The van der Waals surface area contributed by atoms with Crippen LogP contribution in [0.1, 0.15) is 71.3 Å². The van der Waals surface area contributed by atoms with E-state index >= 15 is 0 Å². The number of carbonyl (C=O) groups excluding carboxylic acids is 3. The molecular weight excluding hydrogens is 428 g/mol. The van der Waals surface area contributed by atoms with Crippen molar-refractivity contribution in [3.8, 4) is 0 Å². The van der Waals surface area contributed by atoms with Crippen LogP contribution in [-0.2, 0) is 22.5 Å². The number of nitrogens with one attached hydrogen (secondary N) is 1. The second kappa shape index (κ2) is 9.44. The highest BCUT2D eigenvalue weighted by Gasteiger charge is 2.49. The Morgan fingerprint density at radius 3 is 2.69 bits per heavy atom. The topological polar surface area (TPSA) is 93.5 Å². The highest BCUT2D eigenvalue weighted by Crippen LogP contribution is 2.30. The minimum absolute atomic E-state index is 0.00940. The van der Waals surface area contributed by atoms with Crippen LogP contribution < -0.4 is 5.32 Å². The molecule has 0 saturated heterocycles. The number of amides is 2. The van der Waals surface area contributed by atoms with E-state index in [0.29, 0.717) is 13.0 Å². The van der Waals surface area contributed by atoms with Gasteiger partial charge in [0.1, 0.15) is 11.2 Å². The molecule has 2 aromatic rings. The second-order valence-corrected chi connectivity index (χ2v) is 9.82. The average Bonchev–Trinajstić information content (AvgIpc) is 3.38. The van der Waals surface area contributed by atoms with Gasteiger partial charge in [-0.05, 0) is 37.6 Å². The maximum Gasteiger partial charge on any atom is 0.359 e. The number of methoxy groups -OCH3 is 1. The minimum atomic E-state index is -1.08. The molecule has 1 N–H and O–H groups in total. The standard InChI is InChI=1S/C23H30N4O4S/c1-23(22(30)25-16-8-5-3-4-6-9-16)14-26-15-24-18(21(29)31-2)19(26)20(28)27(23)12-11-17-10-7-13-32-17/h7,10,13,15-16H,3-6,8-9,11-12,14H2,1-2H3,(H,25,30)/t23-/m0/s1. The lowest BCUT2D eigenvalue weighted by atomic mass is 9.93. The van der Waals surface area contributed by atoms with Gasteiger partial charge in [0.25, 0.3) is 5.91 Å². The molecule has 172 valence electrons. The molecule has 4 rings (SSSR count). The predicted octanol–water partition coefficient (Wildman–Crippen LogP) is 3.03. The Kier molecular flexibility index (Phi) is 6.64. The van der Waals surface area contributed by atoms with Crippen LogP contribution in [0.4, 0.5) is 0 Å². The first kappa shape index (κ1) is 22.5. The highest BCUT2D eigenvalue weighted by molar-refractivity contribution is 7.09. The van der Waals surface area contributed by atoms with Crippen LogP contribution >= 0.6 is 11.3 Å². The number of hydrogen-bond acceptors (Lipinski definition) is 6. The normalized spacial score (nSPS) is 21.7. The minimum Gasteiger partial charge on any atom is -0.464 e. The Labute approximate surface area is 192 Å². The summed E-state index contributed by atoms with van der Waals surface area (Å²) in [6.45, 7) is 2.42. The summed E-state index contributed by atoms with van der Waals surface area (Å²) < 4.78 is 6.43. The zero-order valence-corrected chi connectivity index (χ0v) is 19.5. The number of imidazole rings is 1. The Morgan fingerprint density at radius 2 is 2.03 bits per heavy atom. The van der Waals surface area contributed by atoms with Crippen molar-refractivity contribution in [2.75, 3.05) is 13.7 Å². The fraction of sp³-hybridized carbons (Fsp3) is 0.565. The summed E-state index contributed by atoms with van der Waals surface area (Å²) in [5.74, 6) is -1.18. The quantitative estimate of drug-likeness (QED) is 0.531. The first-order valence-electron chi connectivity index (χ1n) is 11.2. The van der Waals surface area contributed by atoms with Crippen molar-refractivity contribution in [1.29, 1.82) is 0 Å². The molecule has 1 atom stereocenters. The van der Waals surface area contributed by atoms with Crippen molar-refractivity contribution in [3.05, 3.63) is 40.1 Å². The Bertz CT molecular complexity index is 978. The number of carbonyl (C=O) groups is 3. The zero-order chi connectivity index (χ0) is 22.7. The van der Waals surface area contributed by atoms with E-state index in [0.717, 1.165) is 30.6 Å². The summed E-state index contributed by atoms with van der Waals surface area (Å²) in [6, 6.07) is 4.12. The Morgan fingerprint density at radius 1 is 1.28 bits per heavy atom. The Hall–Kier alpha value is -2.68. The van der Waals surface area contributed by atoms with Crippen LogP contribution in [0.5, 0.6) is 0 Å². The molecule has 0 radical (unpaired) electrons. The van der Waals surface area contributed by atoms with Crippen LogP contribution in [0.15, 0.2) is 23.8 Å². The van der Waals surface area contributed by atoms with E-state index in [1.807, 2.05) is 24.4 Å². The van der Waals surface area contributed by atoms with Gasteiger partial charge in [0.15, 0.2) is 5.69 Å². The fourth-order valence-electron chi connectivity index (χ4n) is 4.73. The molecule has 2 amide bonds. The zero-order valence-electron chi connectivity index (χ0n) is 18.6. The smallest absolute Gasteiger partial charge is 0.359 e. The lowest BCUT2D eigenvalue weighted by Gasteiger charge is -2.44. The molecule has 1 aliphatic carbocycles. The summed E-state index contributed by atoms with van der Waals surface area (Å²) in [5.41, 5.74) is -0.908. The molecule has 0 spiro atoms. The molecule has 2 aliphatic rings. The van der Waals surface area contributed by atoms with E-state index in [1.54, 1.807) is 20.8 Å². The average molecular weight is 459 g/mol. The molecule has 1 fully saturated rings. The van der Waals surface area contributed by atoms with Crippen LogP contribution in [0.2, 0.25) is 0 Å². The Balaban J connectivity index is 1.64. The van der Waals surface area contributed by atoms with Gasteiger partial charge in [-0.1, -0.05) is 31.7 Å². The van der Waals surface area contributed by atoms with Crippen molar-refractivity contribution < 1.29 is 19.1 Å². The molecular formula is C23H30N4O4S. The predicted molar refractivity (Wildman–Crippen MR) is 121 cm³/mol. The van der Waals surface area contributed by atoms with Crippen LogP contribution in [0.25, 0.3) is 0 Å². The molecule has 0 aromatic carbocycles. The van der Waals surface area contributed by atoms with Gasteiger partial charge in [0, 0.05) is 17.5 Å². The van der Waals surface area contributed by atoms with Gasteiger partial charge in [-0.15, -0.1) is 11.3 Å². The number of nitrogens with zero attached hydrogens (tertiary/aromatic N) is 3. The molecule has 1 aliphatic heterocycles. The first-order valence-corrected chi connectivity index (χ1v) is 12.1. The molecule has 32 heavy (non-hydrogen) atoms.